The summed E-state index contributed by atoms with van der Waals surface area (Å²) in [5.74, 6) is -2.18. The Kier molecular flexibility index (Phi) is 4.79. The van der Waals surface area contributed by atoms with Gasteiger partial charge in [-0.1, -0.05) is 12.8 Å². The molecule has 0 amide bonds. The quantitative estimate of drug-likeness (QED) is 0.890. The second-order valence-electron chi connectivity index (χ2n) is 4.92. The van der Waals surface area contributed by atoms with Crippen molar-refractivity contribution in [3.05, 3.63) is 29.6 Å². The van der Waals surface area contributed by atoms with E-state index in [9.17, 15) is 17.6 Å². The molecule has 0 spiro atoms. The molecule has 0 bridgehead atoms. The van der Waals surface area contributed by atoms with Crippen LogP contribution in [-0.2, 0) is 10.2 Å². The maximum Gasteiger partial charge on any atom is 0.335 e. The van der Waals surface area contributed by atoms with Crippen molar-refractivity contribution in [2.45, 2.75) is 25.7 Å². The van der Waals surface area contributed by atoms with Gasteiger partial charge in [0.2, 0.25) is 0 Å². The number of rotatable bonds is 4. The number of benzene rings is 1. The molecule has 0 unspecified atom stereocenters. The van der Waals surface area contributed by atoms with Gasteiger partial charge in [0.15, 0.2) is 0 Å². The molecule has 2 rings (SSSR count). The summed E-state index contributed by atoms with van der Waals surface area (Å²) in [6.45, 7) is 0.814. The third-order valence-corrected chi connectivity index (χ3v) is 4.88. The molecule has 1 aromatic rings. The molecule has 1 heterocycles. The van der Waals surface area contributed by atoms with Crippen LogP contribution in [0.1, 0.15) is 36.0 Å². The summed E-state index contributed by atoms with van der Waals surface area (Å²) in [5.41, 5.74) is -0.477. The van der Waals surface area contributed by atoms with E-state index in [1.54, 1.807) is 0 Å². The Morgan fingerprint density at radius 3 is 2.33 bits per heavy atom. The van der Waals surface area contributed by atoms with Crippen LogP contribution in [0.2, 0.25) is 0 Å². The number of halogens is 1. The van der Waals surface area contributed by atoms with Crippen molar-refractivity contribution in [2.24, 2.45) is 0 Å². The Morgan fingerprint density at radius 1 is 1.19 bits per heavy atom. The third-order valence-electron chi connectivity index (χ3n) is 3.36. The second-order valence-corrected chi connectivity index (χ2v) is 6.59. The number of carboxylic acid groups (broad SMARTS) is 1. The van der Waals surface area contributed by atoms with Crippen molar-refractivity contribution >= 4 is 21.9 Å². The Bertz CT molecular complexity index is 625. The summed E-state index contributed by atoms with van der Waals surface area (Å²) in [6.07, 6.45) is 3.52. The molecule has 21 heavy (non-hydrogen) atoms. The van der Waals surface area contributed by atoms with E-state index < -0.39 is 22.0 Å². The third kappa shape index (κ3) is 3.92. The molecule has 0 radical (unpaired) electrons. The van der Waals surface area contributed by atoms with Crippen LogP contribution < -0.4 is 4.72 Å². The Hall–Kier alpha value is -1.67. The molecule has 6 nitrogen and oxygen atoms in total. The molecule has 2 N–H and O–H groups in total. The van der Waals surface area contributed by atoms with Crippen LogP contribution in [0, 0.1) is 5.82 Å². The zero-order valence-electron chi connectivity index (χ0n) is 11.4. The predicted molar refractivity (Wildman–Crippen MR) is 75.9 cm³/mol. The van der Waals surface area contributed by atoms with Gasteiger partial charge in [-0.05, 0) is 31.0 Å². The molecule has 1 aromatic carbocycles. The van der Waals surface area contributed by atoms with E-state index in [0.29, 0.717) is 13.1 Å². The van der Waals surface area contributed by atoms with Crippen molar-refractivity contribution in [2.75, 3.05) is 17.8 Å². The summed E-state index contributed by atoms with van der Waals surface area (Å²) in [4.78, 5) is 10.7. The number of anilines is 1. The van der Waals surface area contributed by atoms with Crippen LogP contribution in [0.4, 0.5) is 10.1 Å². The first-order valence-corrected chi connectivity index (χ1v) is 8.15. The highest BCUT2D eigenvalue weighted by atomic mass is 32.2. The lowest BCUT2D eigenvalue weighted by molar-refractivity contribution is 0.0696. The van der Waals surface area contributed by atoms with Gasteiger partial charge in [0, 0.05) is 13.1 Å². The molecule has 1 aliphatic heterocycles. The highest BCUT2D eigenvalue weighted by molar-refractivity contribution is 7.90. The SMILES string of the molecule is O=C(O)c1ccc(NS(=O)(=O)N2CCCCCC2)c(F)c1. The fraction of sp³-hybridized carbons (Fsp3) is 0.462. The van der Waals surface area contributed by atoms with Crippen LogP contribution in [0.5, 0.6) is 0 Å². The number of carbonyl (C=O) groups is 1. The van der Waals surface area contributed by atoms with Gasteiger partial charge >= 0.3 is 16.2 Å². The number of hydrogen-bond acceptors (Lipinski definition) is 3. The van der Waals surface area contributed by atoms with Crippen LogP contribution in [0.3, 0.4) is 0 Å². The second kappa shape index (κ2) is 6.40. The highest BCUT2D eigenvalue weighted by Crippen LogP contribution is 2.20. The maximum atomic E-state index is 13.8. The summed E-state index contributed by atoms with van der Waals surface area (Å²) >= 11 is 0. The van der Waals surface area contributed by atoms with Crippen molar-refractivity contribution in [1.29, 1.82) is 0 Å². The largest absolute Gasteiger partial charge is 0.478 e. The number of aromatic carboxylic acids is 1. The van der Waals surface area contributed by atoms with Gasteiger partial charge in [-0.2, -0.15) is 12.7 Å². The average molecular weight is 316 g/mol. The zero-order chi connectivity index (χ0) is 15.5. The fourth-order valence-corrected chi connectivity index (χ4v) is 3.53. The van der Waals surface area contributed by atoms with Crippen LogP contribution in [-0.4, -0.2) is 36.9 Å². The van der Waals surface area contributed by atoms with E-state index in [4.69, 9.17) is 5.11 Å². The van der Waals surface area contributed by atoms with E-state index >= 15 is 0 Å². The lowest BCUT2D eigenvalue weighted by Crippen LogP contribution is -2.36. The summed E-state index contributed by atoms with van der Waals surface area (Å²) in [7, 11) is -3.82. The minimum atomic E-state index is -3.82. The fourth-order valence-electron chi connectivity index (χ4n) is 2.22. The van der Waals surface area contributed by atoms with Crippen LogP contribution >= 0.6 is 0 Å². The van der Waals surface area contributed by atoms with E-state index in [1.165, 1.54) is 4.31 Å². The predicted octanol–water partition coefficient (Wildman–Crippen LogP) is 2.06. The standard InChI is InChI=1S/C13H17FN2O4S/c14-11-9-10(13(17)18)5-6-12(11)15-21(19,20)16-7-3-1-2-4-8-16/h5-6,9,15H,1-4,7-8H2,(H,17,18). The summed E-state index contributed by atoms with van der Waals surface area (Å²) < 4.78 is 41.7. The molecule has 1 saturated heterocycles. The van der Waals surface area contributed by atoms with Crippen LogP contribution in [0.15, 0.2) is 18.2 Å². The van der Waals surface area contributed by atoms with Crippen molar-refractivity contribution in [3.8, 4) is 0 Å². The normalized spacial score (nSPS) is 17.2. The minimum Gasteiger partial charge on any atom is -0.478 e. The summed E-state index contributed by atoms with van der Waals surface area (Å²) in [6, 6.07) is 3.07. The number of hydrogen-bond donors (Lipinski definition) is 2. The lowest BCUT2D eigenvalue weighted by Gasteiger charge is -2.21. The molecular formula is C13H17FN2O4S. The minimum absolute atomic E-state index is 0.231. The van der Waals surface area contributed by atoms with E-state index in [1.807, 2.05) is 0 Å². The number of nitrogens with zero attached hydrogens (tertiary/aromatic N) is 1. The number of carboxylic acids is 1. The lowest BCUT2D eigenvalue weighted by atomic mass is 10.2. The zero-order valence-corrected chi connectivity index (χ0v) is 12.2. The molecule has 1 aliphatic rings. The highest BCUT2D eigenvalue weighted by Gasteiger charge is 2.24. The topological polar surface area (TPSA) is 86.7 Å². The Labute approximate surface area is 122 Å². The number of nitrogens with one attached hydrogen (secondary N) is 1. The van der Waals surface area contributed by atoms with Gasteiger partial charge in [0.05, 0.1) is 11.3 Å². The average Bonchev–Trinajstić information content (AvgIpc) is 2.70. The molecular weight excluding hydrogens is 299 g/mol. The smallest absolute Gasteiger partial charge is 0.335 e. The first kappa shape index (κ1) is 15.7. The molecule has 0 aliphatic carbocycles. The Balaban J connectivity index is 2.18. The van der Waals surface area contributed by atoms with Crippen molar-refractivity contribution in [3.63, 3.8) is 0 Å². The van der Waals surface area contributed by atoms with Gasteiger partial charge in [0.25, 0.3) is 0 Å². The van der Waals surface area contributed by atoms with Gasteiger partial charge in [-0.15, -0.1) is 0 Å². The van der Waals surface area contributed by atoms with Gasteiger partial charge < -0.3 is 5.11 Å². The van der Waals surface area contributed by atoms with E-state index in [0.717, 1.165) is 43.9 Å². The summed E-state index contributed by atoms with van der Waals surface area (Å²) in [5, 5.41) is 8.75. The molecule has 0 saturated carbocycles. The van der Waals surface area contributed by atoms with Gasteiger partial charge in [-0.3, -0.25) is 4.72 Å². The molecule has 0 aromatic heterocycles. The first-order chi connectivity index (χ1) is 9.90. The molecule has 116 valence electrons. The van der Waals surface area contributed by atoms with E-state index in [-0.39, 0.29) is 11.3 Å². The van der Waals surface area contributed by atoms with Crippen molar-refractivity contribution in [1.82, 2.24) is 4.31 Å². The van der Waals surface area contributed by atoms with Gasteiger partial charge in [-0.25, -0.2) is 9.18 Å². The molecule has 1 fully saturated rings. The van der Waals surface area contributed by atoms with Gasteiger partial charge in [0.1, 0.15) is 5.82 Å². The first-order valence-electron chi connectivity index (χ1n) is 6.71. The van der Waals surface area contributed by atoms with Crippen molar-refractivity contribution < 1.29 is 22.7 Å². The molecule has 0 atom stereocenters. The van der Waals surface area contributed by atoms with Crippen LogP contribution in [0.25, 0.3) is 0 Å². The van der Waals surface area contributed by atoms with E-state index in [2.05, 4.69) is 4.72 Å². The molecule has 8 heteroatoms. The Morgan fingerprint density at radius 2 is 1.81 bits per heavy atom. The monoisotopic (exact) mass is 316 g/mol. The maximum absolute atomic E-state index is 13.8.